The summed E-state index contributed by atoms with van der Waals surface area (Å²) < 4.78 is 5.54. The molecule has 0 aliphatic rings. The second-order valence-corrected chi connectivity index (χ2v) is 4.48. The van der Waals surface area contributed by atoms with Gasteiger partial charge in [0, 0.05) is 31.6 Å². The SMILES string of the molecule is CC(C)COCCN(C)c1ccc(N)cc1. The van der Waals surface area contributed by atoms with Gasteiger partial charge in [-0.25, -0.2) is 0 Å². The summed E-state index contributed by atoms with van der Waals surface area (Å²) in [6, 6.07) is 7.89. The Hall–Kier alpha value is -1.22. The van der Waals surface area contributed by atoms with Crippen molar-refractivity contribution in [1.82, 2.24) is 0 Å². The molecule has 0 unspecified atom stereocenters. The van der Waals surface area contributed by atoms with E-state index in [9.17, 15) is 0 Å². The van der Waals surface area contributed by atoms with Gasteiger partial charge in [-0.3, -0.25) is 0 Å². The Morgan fingerprint density at radius 2 is 1.88 bits per heavy atom. The first-order chi connectivity index (χ1) is 7.59. The largest absolute Gasteiger partial charge is 0.399 e. The lowest BCUT2D eigenvalue weighted by Crippen LogP contribution is -2.23. The summed E-state index contributed by atoms with van der Waals surface area (Å²) in [5, 5.41) is 0. The topological polar surface area (TPSA) is 38.5 Å². The van der Waals surface area contributed by atoms with Gasteiger partial charge in [-0.2, -0.15) is 0 Å². The molecule has 90 valence electrons. The van der Waals surface area contributed by atoms with Gasteiger partial charge in [-0.1, -0.05) is 13.8 Å². The molecule has 0 atom stereocenters. The van der Waals surface area contributed by atoms with E-state index < -0.39 is 0 Å². The highest BCUT2D eigenvalue weighted by Gasteiger charge is 2.00. The molecule has 3 heteroatoms. The van der Waals surface area contributed by atoms with Crippen LogP contribution >= 0.6 is 0 Å². The first kappa shape index (κ1) is 12.8. The molecule has 1 aromatic rings. The van der Waals surface area contributed by atoms with Crippen molar-refractivity contribution >= 4 is 11.4 Å². The summed E-state index contributed by atoms with van der Waals surface area (Å²) in [6.07, 6.45) is 0. The van der Waals surface area contributed by atoms with Crippen LogP contribution in [0, 0.1) is 5.92 Å². The Morgan fingerprint density at radius 1 is 1.25 bits per heavy atom. The van der Waals surface area contributed by atoms with Crippen LogP contribution < -0.4 is 10.6 Å². The average Bonchev–Trinajstić information content (AvgIpc) is 2.25. The third-order valence-electron chi connectivity index (χ3n) is 2.36. The lowest BCUT2D eigenvalue weighted by Gasteiger charge is -2.19. The number of anilines is 2. The third-order valence-corrected chi connectivity index (χ3v) is 2.36. The lowest BCUT2D eigenvalue weighted by molar-refractivity contribution is 0.116. The molecule has 0 aliphatic carbocycles. The van der Waals surface area contributed by atoms with Crippen molar-refractivity contribution in [2.45, 2.75) is 13.8 Å². The van der Waals surface area contributed by atoms with E-state index in [0.29, 0.717) is 5.92 Å². The molecule has 0 amide bonds. The Kier molecular flexibility index (Phi) is 5.12. The van der Waals surface area contributed by atoms with Crippen molar-refractivity contribution in [3.63, 3.8) is 0 Å². The van der Waals surface area contributed by atoms with Gasteiger partial charge >= 0.3 is 0 Å². The smallest absolute Gasteiger partial charge is 0.0641 e. The van der Waals surface area contributed by atoms with Crippen LogP contribution in [0.3, 0.4) is 0 Å². The number of hydrogen-bond donors (Lipinski definition) is 1. The fourth-order valence-corrected chi connectivity index (χ4v) is 1.38. The Labute approximate surface area is 98.2 Å². The van der Waals surface area contributed by atoms with E-state index in [2.05, 4.69) is 25.8 Å². The molecule has 0 spiro atoms. The first-order valence-corrected chi connectivity index (χ1v) is 5.74. The van der Waals surface area contributed by atoms with E-state index in [1.807, 2.05) is 24.3 Å². The van der Waals surface area contributed by atoms with Gasteiger partial charge in [0.15, 0.2) is 0 Å². The molecule has 0 aliphatic heterocycles. The van der Waals surface area contributed by atoms with Crippen LogP contribution in [0.5, 0.6) is 0 Å². The van der Waals surface area contributed by atoms with Crippen molar-refractivity contribution in [1.29, 1.82) is 0 Å². The molecule has 0 saturated heterocycles. The Morgan fingerprint density at radius 3 is 2.44 bits per heavy atom. The number of nitrogen functional groups attached to an aromatic ring is 1. The number of benzene rings is 1. The van der Waals surface area contributed by atoms with Crippen LogP contribution in [-0.2, 0) is 4.74 Å². The highest BCUT2D eigenvalue weighted by Crippen LogP contribution is 2.14. The summed E-state index contributed by atoms with van der Waals surface area (Å²) >= 11 is 0. The number of ether oxygens (including phenoxy) is 1. The summed E-state index contributed by atoms with van der Waals surface area (Å²) in [6.45, 7) is 6.80. The van der Waals surface area contributed by atoms with E-state index >= 15 is 0 Å². The van der Waals surface area contributed by atoms with E-state index in [1.165, 1.54) is 5.69 Å². The minimum atomic E-state index is 0.599. The zero-order valence-corrected chi connectivity index (χ0v) is 10.4. The number of rotatable bonds is 6. The maximum absolute atomic E-state index is 5.64. The van der Waals surface area contributed by atoms with Crippen LogP contribution in [0.25, 0.3) is 0 Å². The molecular weight excluding hydrogens is 200 g/mol. The van der Waals surface area contributed by atoms with Gasteiger partial charge in [0.2, 0.25) is 0 Å². The monoisotopic (exact) mass is 222 g/mol. The van der Waals surface area contributed by atoms with Crippen LogP contribution in [0.4, 0.5) is 11.4 Å². The van der Waals surface area contributed by atoms with Crippen molar-refractivity contribution in [2.24, 2.45) is 5.92 Å². The summed E-state index contributed by atoms with van der Waals surface area (Å²) in [5.74, 6) is 0.599. The molecule has 0 heterocycles. The standard InChI is InChI=1S/C13H22N2O/c1-11(2)10-16-9-8-15(3)13-6-4-12(14)5-7-13/h4-7,11H,8-10,14H2,1-3H3. The normalized spacial score (nSPS) is 10.8. The summed E-state index contributed by atoms with van der Waals surface area (Å²) in [5.41, 5.74) is 7.61. The summed E-state index contributed by atoms with van der Waals surface area (Å²) in [7, 11) is 2.06. The molecule has 0 aromatic heterocycles. The number of nitrogens with zero attached hydrogens (tertiary/aromatic N) is 1. The molecule has 3 nitrogen and oxygen atoms in total. The predicted octanol–water partition coefficient (Wildman–Crippen LogP) is 2.38. The van der Waals surface area contributed by atoms with Gasteiger partial charge < -0.3 is 15.4 Å². The molecule has 0 saturated carbocycles. The van der Waals surface area contributed by atoms with Crippen molar-refractivity contribution in [3.8, 4) is 0 Å². The predicted molar refractivity (Wildman–Crippen MR) is 69.8 cm³/mol. The van der Waals surface area contributed by atoms with Crippen LogP contribution in [0.15, 0.2) is 24.3 Å². The van der Waals surface area contributed by atoms with Crippen LogP contribution in [0.1, 0.15) is 13.8 Å². The third kappa shape index (κ3) is 4.53. The van der Waals surface area contributed by atoms with E-state index in [4.69, 9.17) is 10.5 Å². The molecule has 1 rings (SSSR count). The number of hydrogen-bond acceptors (Lipinski definition) is 3. The number of likely N-dealkylation sites (N-methyl/N-ethyl adjacent to an activating group) is 1. The zero-order chi connectivity index (χ0) is 12.0. The molecule has 0 fully saturated rings. The number of nitrogens with two attached hydrogens (primary N) is 1. The minimum absolute atomic E-state index is 0.599. The fraction of sp³-hybridized carbons (Fsp3) is 0.538. The Bertz CT molecular complexity index is 295. The first-order valence-electron chi connectivity index (χ1n) is 5.74. The Balaban J connectivity index is 2.29. The fourth-order valence-electron chi connectivity index (χ4n) is 1.38. The summed E-state index contributed by atoms with van der Waals surface area (Å²) in [4.78, 5) is 2.17. The second kappa shape index (κ2) is 6.38. The van der Waals surface area contributed by atoms with Crippen LogP contribution in [-0.4, -0.2) is 26.8 Å². The molecule has 0 radical (unpaired) electrons. The van der Waals surface area contributed by atoms with E-state index in [0.717, 1.165) is 25.4 Å². The molecule has 1 aromatic carbocycles. The van der Waals surface area contributed by atoms with Gasteiger partial charge in [0.05, 0.1) is 6.61 Å². The molecule has 2 N–H and O–H groups in total. The maximum Gasteiger partial charge on any atom is 0.0641 e. The highest BCUT2D eigenvalue weighted by molar-refractivity contribution is 5.52. The van der Waals surface area contributed by atoms with Crippen molar-refractivity contribution in [2.75, 3.05) is 37.4 Å². The van der Waals surface area contributed by atoms with Gasteiger partial charge in [-0.15, -0.1) is 0 Å². The zero-order valence-electron chi connectivity index (χ0n) is 10.4. The van der Waals surface area contributed by atoms with Gasteiger partial charge in [0.1, 0.15) is 0 Å². The lowest BCUT2D eigenvalue weighted by atomic mass is 10.2. The van der Waals surface area contributed by atoms with E-state index in [-0.39, 0.29) is 0 Å². The second-order valence-electron chi connectivity index (χ2n) is 4.48. The van der Waals surface area contributed by atoms with Gasteiger partial charge in [-0.05, 0) is 30.2 Å². The quantitative estimate of drug-likeness (QED) is 0.593. The highest BCUT2D eigenvalue weighted by atomic mass is 16.5. The molecule has 0 bridgehead atoms. The van der Waals surface area contributed by atoms with E-state index in [1.54, 1.807) is 0 Å². The average molecular weight is 222 g/mol. The molecular formula is C13H22N2O. The molecule has 16 heavy (non-hydrogen) atoms. The minimum Gasteiger partial charge on any atom is -0.399 e. The van der Waals surface area contributed by atoms with Crippen LogP contribution in [0.2, 0.25) is 0 Å². The van der Waals surface area contributed by atoms with Gasteiger partial charge in [0.25, 0.3) is 0 Å². The van der Waals surface area contributed by atoms with Crippen molar-refractivity contribution < 1.29 is 4.74 Å². The maximum atomic E-state index is 5.64. The van der Waals surface area contributed by atoms with Crippen molar-refractivity contribution in [3.05, 3.63) is 24.3 Å².